The van der Waals surface area contributed by atoms with E-state index in [-0.39, 0.29) is 25.7 Å². The molecule has 0 unspecified atom stereocenters. The number of pyridine rings is 1. The fourth-order valence-electron chi connectivity index (χ4n) is 5.58. The second-order valence-electron chi connectivity index (χ2n) is 11.4. The van der Waals surface area contributed by atoms with Crippen molar-refractivity contribution in [2.75, 3.05) is 0 Å². The van der Waals surface area contributed by atoms with Gasteiger partial charge in [0.2, 0.25) is 0 Å². The summed E-state index contributed by atoms with van der Waals surface area (Å²) >= 11 is -0.0571. The molecule has 0 radical (unpaired) electrons. The van der Waals surface area contributed by atoms with Gasteiger partial charge in [0, 0.05) is 0 Å². The summed E-state index contributed by atoms with van der Waals surface area (Å²) in [4.78, 5) is 0. The van der Waals surface area contributed by atoms with Crippen LogP contribution in [-0.2, 0) is 12.5 Å². The number of nitrogens with zero attached hydrogens (tertiary/aromatic N) is 2. The van der Waals surface area contributed by atoms with E-state index in [4.69, 9.17) is 0 Å². The Morgan fingerprint density at radius 2 is 1.38 bits per heavy atom. The zero-order chi connectivity index (χ0) is 28.2. The summed E-state index contributed by atoms with van der Waals surface area (Å²) in [5.41, 5.74) is 8.59. The molecule has 0 aliphatic carbocycles. The SMILES string of the molecule is Cc1ccc2c([se]c3c(-c4ccc(-c5ccccc5)cc4)c(C#N)ccc32)c1-c1cc(F)c(C(C)(C)C)c[n+]1C. The summed E-state index contributed by atoms with van der Waals surface area (Å²) in [5, 5.41) is 12.5. The number of rotatable bonds is 3. The fraction of sp³-hybridized carbons (Fsp3) is 0.167. The van der Waals surface area contributed by atoms with Crippen LogP contribution in [0.2, 0.25) is 0 Å². The molecule has 0 spiro atoms. The Morgan fingerprint density at radius 1 is 0.775 bits per heavy atom. The van der Waals surface area contributed by atoms with E-state index in [0.717, 1.165) is 33.5 Å². The zero-order valence-corrected chi connectivity index (χ0v) is 25.1. The molecule has 0 saturated carbocycles. The van der Waals surface area contributed by atoms with Crippen molar-refractivity contribution in [1.29, 1.82) is 5.26 Å². The second kappa shape index (κ2) is 9.86. The maximum atomic E-state index is 15.5. The predicted molar refractivity (Wildman–Crippen MR) is 164 cm³/mol. The Morgan fingerprint density at radius 3 is 2.02 bits per heavy atom. The molecular formula is C36H30FN2Se+. The van der Waals surface area contributed by atoms with Crippen LogP contribution in [0.5, 0.6) is 0 Å². The van der Waals surface area contributed by atoms with E-state index >= 15 is 4.39 Å². The Hall–Kier alpha value is -4.03. The molecule has 0 N–H and O–H groups in total. The van der Waals surface area contributed by atoms with Gasteiger partial charge in [-0.2, -0.15) is 0 Å². The van der Waals surface area contributed by atoms with Crippen molar-refractivity contribution in [2.24, 2.45) is 7.05 Å². The zero-order valence-electron chi connectivity index (χ0n) is 23.3. The molecule has 6 aromatic rings. The van der Waals surface area contributed by atoms with Crippen molar-refractivity contribution in [3.63, 3.8) is 0 Å². The van der Waals surface area contributed by atoms with Crippen LogP contribution in [0.4, 0.5) is 4.39 Å². The van der Waals surface area contributed by atoms with Crippen molar-refractivity contribution in [1.82, 2.24) is 0 Å². The van der Waals surface area contributed by atoms with E-state index in [1.807, 2.05) is 58.3 Å². The molecule has 0 aliphatic rings. The molecule has 196 valence electrons. The van der Waals surface area contributed by atoms with Crippen LogP contribution in [0.1, 0.15) is 37.5 Å². The van der Waals surface area contributed by atoms with Gasteiger partial charge < -0.3 is 0 Å². The van der Waals surface area contributed by atoms with E-state index in [1.54, 1.807) is 6.07 Å². The Balaban J connectivity index is 1.59. The van der Waals surface area contributed by atoms with Gasteiger partial charge in [-0.1, -0.05) is 0 Å². The summed E-state index contributed by atoms with van der Waals surface area (Å²) in [6.45, 7) is 8.22. The molecule has 0 saturated heterocycles. The van der Waals surface area contributed by atoms with Gasteiger partial charge in [0.25, 0.3) is 0 Å². The van der Waals surface area contributed by atoms with Gasteiger partial charge in [-0.25, -0.2) is 0 Å². The van der Waals surface area contributed by atoms with E-state index < -0.39 is 0 Å². The van der Waals surface area contributed by atoms with Gasteiger partial charge in [0.15, 0.2) is 0 Å². The number of benzene rings is 4. The summed E-state index contributed by atoms with van der Waals surface area (Å²) < 4.78 is 20.0. The van der Waals surface area contributed by atoms with Crippen LogP contribution >= 0.6 is 0 Å². The third kappa shape index (κ3) is 4.37. The van der Waals surface area contributed by atoms with Crippen molar-refractivity contribution in [2.45, 2.75) is 33.1 Å². The van der Waals surface area contributed by atoms with E-state index in [2.05, 4.69) is 72.2 Å². The number of fused-ring (bicyclic) bond motifs is 3. The number of aryl methyl sites for hydroxylation is 2. The molecule has 40 heavy (non-hydrogen) atoms. The summed E-state index contributed by atoms with van der Waals surface area (Å²) in [7, 11) is 2.01. The third-order valence-corrected chi connectivity index (χ3v) is 10.3. The molecule has 0 fully saturated rings. The van der Waals surface area contributed by atoms with Crippen LogP contribution in [0.3, 0.4) is 0 Å². The Labute approximate surface area is 240 Å². The van der Waals surface area contributed by atoms with Crippen molar-refractivity contribution in [3.8, 4) is 39.6 Å². The first-order valence-corrected chi connectivity index (χ1v) is 15.1. The van der Waals surface area contributed by atoms with Crippen LogP contribution in [0.25, 0.3) is 52.8 Å². The molecule has 4 heteroatoms. The number of halogens is 1. The van der Waals surface area contributed by atoms with Crippen LogP contribution in [-0.4, -0.2) is 14.5 Å². The first-order chi connectivity index (χ1) is 19.2. The normalized spacial score (nSPS) is 11.7. The molecule has 0 aliphatic heterocycles. The van der Waals surface area contributed by atoms with Gasteiger partial charge in [0.05, 0.1) is 0 Å². The topological polar surface area (TPSA) is 27.7 Å². The molecule has 2 heterocycles. The standard InChI is InChI=1S/C36H30FN2Se/c1-22-11-17-27-28-18-16-26(20-38)33(25-14-12-24(13-15-25)23-9-7-6-8-10-23)35(28)40-34(27)32(22)31-19-30(37)29(21-39(31)5)36(2,3)4/h6-19,21H,1-5H3/q+1. The molecule has 2 nitrogen and oxygen atoms in total. The molecule has 6 rings (SSSR count). The van der Waals surface area contributed by atoms with Gasteiger partial charge in [0.1, 0.15) is 0 Å². The Bertz CT molecular complexity index is 1950. The number of nitriles is 1. The quantitative estimate of drug-likeness (QED) is 0.151. The van der Waals surface area contributed by atoms with Crippen molar-refractivity contribution >= 4 is 33.8 Å². The monoisotopic (exact) mass is 589 g/mol. The first kappa shape index (κ1) is 26.2. The predicted octanol–water partition coefficient (Wildman–Crippen LogP) is 8.49. The maximum absolute atomic E-state index is 15.5. The van der Waals surface area contributed by atoms with Crippen LogP contribution in [0, 0.1) is 24.1 Å². The van der Waals surface area contributed by atoms with E-state index in [9.17, 15) is 5.26 Å². The number of hydrogen-bond donors (Lipinski definition) is 0. The minimum absolute atomic E-state index is 0.0571. The first-order valence-electron chi connectivity index (χ1n) is 13.4. The van der Waals surface area contributed by atoms with Crippen LogP contribution < -0.4 is 4.57 Å². The molecule has 0 atom stereocenters. The average molecular weight is 589 g/mol. The average Bonchev–Trinajstić information content (AvgIpc) is 3.32. The van der Waals surface area contributed by atoms with Gasteiger partial charge >= 0.3 is 241 Å². The van der Waals surface area contributed by atoms with Gasteiger partial charge in [-0.05, 0) is 0 Å². The van der Waals surface area contributed by atoms with E-state index in [1.165, 1.54) is 24.9 Å². The fourth-order valence-corrected chi connectivity index (χ4v) is 8.68. The number of hydrogen-bond acceptors (Lipinski definition) is 1. The van der Waals surface area contributed by atoms with Gasteiger partial charge in [-0.15, -0.1) is 0 Å². The molecule has 4 aromatic carbocycles. The van der Waals surface area contributed by atoms with Crippen LogP contribution in [0.15, 0.2) is 91.1 Å². The summed E-state index contributed by atoms with van der Waals surface area (Å²) in [6, 6.07) is 31.4. The Kier molecular flexibility index (Phi) is 6.46. The third-order valence-electron chi connectivity index (χ3n) is 7.71. The summed E-state index contributed by atoms with van der Waals surface area (Å²) in [6.07, 6.45) is 1.94. The van der Waals surface area contributed by atoms with E-state index in [0.29, 0.717) is 11.1 Å². The van der Waals surface area contributed by atoms with Crippen molar-refractivity contribution < 1.29 is 8.96 Å². The molecule has 0 bridgehead atoms. The molecule has 0 amide bonds. The molecular weight excluding hydrogens is 558 g/mol. The number of aromatic nitrogens is 1. The minimum atomic E-state index is -0.285. The van der Waals surface area contributed by atoms with Crippen molar-refractivity contribution in [3.05, 3.63) is 114 Å². The summed E-state index contributed by atoms with van der Waals surface area (Å²) in [5.74, 6) is -0.174. The van der Waals surface area contributed by atoms with Gasteiger partial charge in [-0.3, -0.25) is 0 Å². The second-order valence-corrected chi connectivity index (χ2v) is 13.6. The molecule has 2 aromatic heterocycles.